The highest BCUT2D eigenvalue weighted by Gasteiger charge is 2.19. The summed E-state index contributed by atoms with van der Waals surface area (Å²) in [6, 6.07) is 7.85. The van der Waals surface area contributed by atoms with Crippen LogP contribution in [-0.4, -0.2) is 30.6 Å². The van der Waals surface area contributed by atoms with Crippen molar-refractivity contribution in [3.8, 4) is 0 Å². The Bertz CT molecular complexity index is 621. The number of rotatable bonds is 11. The van der Waals surface area contributed by atoms with Gasteiger partial charge in [-0.15, -0.1) is 0 Å². The molecule has 0 saturated heterocycles. The molecule has 0 aliphatic rings. The molecule has 24 heavy (non-hydrogen) atoms. The van der Waals surface area contributed by atoms with Crippen LogP contribution < -0.4 is 5.32 Å². The minimum Gasteiger partial charge on any atom is -0.465 e. The van der Waals surface area contributed by atoms with E-state index in [0.717, 1.165) is 23.9 Å². The maximum absolute atomic E-state index is 12.3. The highest BCUT2D eigenvalue weighted by Crippen LogP contribution is 2.19. The van der Waals surface area contributed by atoms with E-state index in [2.05, 4.69) is 23.3 Å². The summed E-state index contributed by atoms with van der Waals surface area (Å²) < 4.78 is 5.45. The fourth-order valence-corrected chi connectivity index (χ4v) is 2.98. The van der Waals surface area contributed by atoms with Crippen LogP contribution in [0.15, 0.2) is 30.5 Å². The van der Waals surface area contributed by atoms with Crippen molar-refractivity contribution in [1.29, 1.82) is 0 Å². The van der Waals surface area contributed by atoms with Crippen LogP contribution >= 0.6 is 0 Å². The number of benzene rings is 1. The fraction of sp³-hybridized carbons (Fsp3) is 0.550. The number of aromatic nitrogens is 1. The zero-order valence-corrected chi connectivity index (χ0v) is 14.9. The second-order valence-corrected chi connectivity index (χ2v) is 6.34. The van der Waals surface area contributed by atoms with Crippen molar-refractivity contribution < 1.29 is 9.53 Å². The average molecular weight is 330 g/mol. The maximum Gasteiger partial charge on any atom is 0.323 e. The van der Waals surface area contributed by atoms with E-state index in [4.69, 9.17) is 4.74 Å². The fourth-order valence-electron chi connectivity index (χ4n) is 2.98. The average Bonchev–Trinajstić information content (AvgIpc) is 3.01. The summed E-state index contributed by atoms with van der Waals surface area (Å²) in [7, 11) is 1.81. The van der Waals surface area contributed by atoms with E-state index >= 15 is 0 Å². The molecule has 2 rings (SSSR count). The molecule has 1 aromatic carbocycles. The molecule has 1 aromatic heterocycles. The number of aromatic amines is 1. The number of unbranched alkanes of at least 4 members (excludes halogenated alkanes) is 5. The van der Waals surface area contributed by atoms with Crippen molar-refractivity contribution in [2.45, 2.75) is 57.9 Å². The Balaban J connectivity index is 1.77. The third-order valence-electron chi connectivity index (χ3n) is 4.47. The smallest absolute Gasteiger partial charge is 0.323 e. The van der Waals surface area contributed by atoms with Gasteiger partial charge in [0.1, 0.15) is 6.04 Å². The molecule has 4 heteroatoms. The van der Waals surface area contributed by atoms with Crippen LogP contribution in [0.2, 0.25) is 0 Å². The molecule has 1 atom stereocenters. The molecule has 2 N–H and O–H groups in total. The number of esters is 1. The summed E-state index contributed by atoms with van der Waals surface area (Å²) in [6.45, 7) is 2.74. The Morgan fingerprint density at radius 3 is 2.71 bits per heavy atom. The standard InChI is InChI=1S/C20H30N2O2/c1-3-4-5-6-7-10-13-24-20(23)19(21-2)14-16-15-22-18-12-9-8-11-17(16)18/h8-9,11-12,15,19,21-22H,3-7,10,13-14H2,1-2H3. The highest BCUT2D eigenvalue weighted by molar-refractivity contribution is 5.84. The van der Waals surface area contributed by atoms with Gasteiger partial charge in [-0.3, -0.25) is 4.79 Å². The Labute approximate surface area is 145 Å². The molecule has 0 aliphatic heterocycles. The first-order valence-electron chi connectivity index (χ1n) is 9.15. The number of hydrogen-bond acceptors (Lipinski definition) is 3. The van der Waals surface area contributed by atoms with Crippen molar-refractivity contribution in [3.63, 3.8) is 0 Å². The quantitative estimate of drug-likeness (QED) is 0.479. The molecule has 0 spiro atoms. The number of carbonyl (C=O) groups excluding carboxylic acids is 1. The Hall–Kier alpha value is -1.81. The van der Waals surface area contributed by atoms with Crippen LogP contribution in [0.4, 0.5) is 0 Å². The number of hydrogen-bond donors (Lipinski definition) is 2. The number of para-hydroxylation sites is 1. The lowest BCUT2D eigenvalue weighted by Gasteiger charge is -2.15. The molecule has 1 unspecified atom stereocenters. The first kappa shape index (κ1) is 18.5. The van der Waals surface area contributed by atoms with E-state index in [0.29, 0.717) is 13.0 Å². The van der Waals surface area contributed by atoms with Gasteiger partial charge in [-0.05, 0) is 25.1 Å². The van der Waals surface area contributed by atoms with E-state index < -0.39 is 0 Å². The monoisotopic (exact) mass is 330 g/mol. The number of likely N-dealkylation sites (N-methyl/N-ethyl adjacent to an activating group) is 1. The molecule has 0 bridgehead atoms. The van der Waals surface area contributed by atoms with Crippen LogP contribution in [0.1, 0.15) is 51.0 Å². The molecule has 4 nitrogen and oxygen atoms in total. The number of H-pyrrole nitrogens is 1. The summed E-state index contributed by atoms with van der Waals surface area (Å²) in [6.07, 6.45) is 9.78. The third kappa shape index (κ3) is 5.38. The van der Waals surface area contributed by atoms with Crippen molar-refractivity contribution in [1.82, 2.24) is 10.3 Å². The Morgan fingerprint density at radius 1 is 1.17 bits per heavy atom. The van der Waals surface area contributed by atoms with E-state index in [1.807, 2.05) is 31.4 Å². The molecule has 0 fully saturated rings. The molecular formula is C20H30N2O2. The minimum absolute atomic E-state index is 0.156. The second kappa shape index (κ2) is 10.1. The van der Waals surface area contributed by atoms with Gasteiger partial charge < -0.3 is 15.0 Å². The number of nitrogens with one attached hydrogen (secondary N) is 2. The summed E-state index contributed by atoms with van der Waals surface area (Å²) in [5, 5.41) is 4.25. The third-order valence-corrected chi connectivity index (χ3v) is 4.47. The second-order valence-electron chi connectivity index (χ2n) is 6.34. The van der Waals surface area contributed by atoms with Crippen LogP contribution in [0, 0.1) is 0 Å². The number of ether oxygens (including phenoxy) is 1. The lowest BCUT2D eigenvalue weighted by Crippen LogP contribution is -2.37. The maximum atomic E-state index is 12.3. The highest BCUT2D eigenvalue weighted by atomic mass is 16.5. The van der Waals surface area contributed by atoms with Crippen molar-refractivity contribution in [2.24, 2.45) is 0 Å². The molecular weight excluding hydrogens is 300 g/mol. The molecule has 1 heterocycles. The first-order chi connectivity index (χ1) is 11.8. The Morgan fingerprint density at radius 2 is 1.92 bits per heavy atom. The summed E-state index contributed by atoms with van der Waals surface area (Å²) in [5.41, 5.74) is 2.24. The van der Waals surface area contributed by atoms with Crippen LogP contribution in [0.5, 0.6) is 0 Å². The van der Waals surface area contributed by atoms with E-state index in [1.54, 1.807) is 0 Å². The lowest BCUT2D eigenvalue weighted by molar-refractivity contribution is -0.146. The zero-order valence-electron chi connectivity index (χ0n) is 14.9. The van der Waals surface area contributed by atoms with E-state index in [1.165, 1.54) is 31.1 Å². The predicted molar refractivity (Wildman–Crippen MR) is 99.2 cm³/mol. The lowest BCUT2D eigenvalue weighted by atomic mass is 10.1. The zero-order chi connectivity index (χ0) is 17.2. The van der Waals surface area contributed by atoms with Gasteiger partial charge >= 0.3 is 5.97 Å². The van der Waals surface area contributed by atoms with Crippen LogP contribution in [0.3, 0.4) is 0 Å². The number of carbonyl (C=O) groups is 1. The van der Waals surface area contributed by atoms with Gasteiger partial charge in [-0.25, -0.2) is 0 Å². The van der Waals surface area contributed by atoms with Crippen molar-refractivity contribution in [2.75, 3.05) is 13.7 Å². The molecule has 0 saturated carbocycles. The van der Waals surface area contributed by atoms with E-state index in [-0.39, 0.29) is 12.0 Å². The van der Waals surface area contributed by atoms with Gasteiger partial charge in [-0.1, -0.05) is 57.2 Å². The van der Waals surface area contributed by atoms with Crippen molar-refractivity contribution in [3.05, 3.63) is 36.0 Å². The summed E-state index contributed by atoms with van der Waals surface area (Å²) in [4.78, 5) is 15.5. The van der Waals surface area contributed by atoms with Gasteiger partial charge in [0.05, 0.1) is 6.61 Å². The van der Waals surface area contributed by atoms with Crippen LogP contribution in [0.25, 0.3) is 10.9 Å². The molecule has 2 aromatic rings. The van der Waals surface area contributed by atoms with Gasteiger partial charge in [0.25, 0.3) is 0 Å². The normalized spacial score (nSPS) is 12.4. The molecule has 0 radical (unpaired) electrons. The molecule has 132 valence electrons. The van der Waals surface area contributed by atoms with Crippen molar-refractivity contribution >= 4 is 16.9 Å². The predicted octanol–water partition coefficient (Wildman–Crippen LogP) is 4.20. The first-order valence-corrected chi connectivity index (χ1v) is 9.15. The topological polar surface area (TPSA) is 54.1 Å². The van der Waals surface area contributed by atoms with Gasteiger partial charge in [-0.2, -0.15) is 0 Å². The van der Waals surface area contributed by atoms with E-state index in [9.17, 15) is 4.79 Å². The Kier molecular flexibility index (Phi) is 7.83. The molecule has 0 aliphatic carbocycles. The van der Waals surface area contributed by atoms with Gasteiger partial charge in [0.2, 0.25) is 0 Å². The summed E-state index contributed by atoms with van der Waals surface area (Å²) >= 11 is 0. The summed E-state index contributed by atoms with van der Waals surface area (Å²) in [5.74, 6) is -0.156. The minimum atomic E-state index is -0.302. The number of fused-ring (bicyclic) bond motifs is 1. The SMILES string of the molecule is CCCCCCCCOC(=O)C(Cc1c[nH]c2ccccc12)NC. The van der Waals surface area contributed by atoms with Gasteiger partial charge in [0, 0.05) is 23.5 Å². The van der Waals surface area contributed by atoms with Gasteiger partial charge in [0.15, 0.2) is 0 Å². The molecule has 0 amide bonds. The van der Waals surface area contributed by atoms with Crippen LogP contribution in [-0.2, 0) is 16.0 Å². The largest absolute Gasteiger partial charge is 0.465 e.